The molecule has 0 saturated carbocycles. The molecule has 7 nitrogen and oxygen atoms in total. The van der Waals surface area contributed by atoms with Crippen molar-refractivity contribution in [2.75, 3.05) is 6.61 Å². The number of benzene rings is 3. The van der Waals surface area contributed by atoms with Gasteiger partial charge in [-0.05, 0) is 41.7 Å². The Morgan fingerprint density at radius 2 is 1.53 bits per heavy atom. The fraction of sp³-hybridized carbons (Fsp3) is 0.207. The number of aromatic nitrogens is 2. The Hall–Kier alpha value is -4.39. The van der Waals surface area contributed by atoms with E-state index < -0.39 is 18.1 Å². The van der Waals surface area contributed by atoms with Crippen molar-refractivity contribution in [1.82, 2.24) is 15.1 Å². The largest absolute Gasteiger partial charge is 0.479 e. The molecule has 4 aromatic rings. The molecule has 182 valence electrons. The first-order valence-corrected chi connectivity index (χ1v) is 11.9. The zero-order valence-corrected chi connectivity index (χ0v) is 20.1. The predicted molar refractivity (Wildman–Crippen MR) is 136 cm³/mol. The van der Waals surface area contributed by atoms with E-state index in [4.69, 9.17) is 4.74 Å². The summed E-state index contributed by atoms with van der Waals surface area (Å²) in [6.07, 6.45) is -0.779. The van der Waals surface area contributed by atoms with Crippen LogP contribution in [-0.4, -0.2) is 33.6 Å². The fourth-order valence-corrected chi connectivity index (χ4v) is 5.05. The number of nitrogens with zero attached hydrogens (tertiary/aromatic N) is 2. The van der Waals surface area contributed by atoms with Gasteiger partial charge in [0.05, 0.1) is 12.2 Å². The van der Waals surface area contributed by atoms with Crippen LogP contribution in [0.3, 0.4) is 0 Å². The predicted octanol–water partition coefficient (Wildman–Crippen LogP) is 5.21. The Kier molecular flexibility index (Phi) is 6.29. The van der Waals surface area contributed by atoms with Gasteiger partial charge in [-0.2, -0.15) is 5.10 Å². The summed E-state index contributed by atoms with van der Waals surface area (Å²) in [5.74, 6) is -1.28. The molecular formula is C29H27N3O4. The molecule has 1 atom stereocenters. The number of carbonyl (C=O) groups excluding carboxylic acids is 1. The van der Waals surface area contributed by atoms with Gasteiger partial charge in [0.15, 0.2) is 6.04 Å². The van der Waals surface area contributed by atoms with Crippen LogP contribution >= 0.6 is 0 Å². The van der Waals surface area contributed by atoms with Gasteiger partial charge in [-0.25, -0.2) is 9.59 Å². The molecule has 1 amide bonds. The fourth-order valence-electron chi connectivity index (χ4n) is 5.05. The summed E-state index contributed by atoms with van der Waals surface area (Å²) in [6.45, 7) is 4.18. The molecule has 0 aliphatic heterocycles. The number of carboxylic acid groups (broad SMARTS) is 1. The van der Waals surface area contributed by atoms with Crippen molar-refractivity contribution in [3.8, 4) is 11.1 Å². The van der Waals surface area contributed by atoms with Gasteiger partial charge in [0.25, 0.3) is 0 Å². The third kappa shape index (κ3) is 4.35. The number of ether oxygens (including phenoxy) is 1. The Bertz CT molecular complexity index is 1380. The van der Waals surface area contributed by atoms with Gasteiger partial charge in [0, 0.05) is 17.2 Å². The van der Waals surface area contributed by atoms with Crippen LogP contribution in [0.1, 0.15) is 45.6 Å². The van der Waals surface area contributed by atoms with Crippen LogP contribution < -0.4 is 5.32 Å². The van der Waals surface area contributed by atoms with Crippen molar-refractivity contribution >= 4 is 12.1 Å². The van der Waals surface area contributed by atoms with Crippen LogP contribution in [0.15, 0.2) is 78.9 Å². The molecule has 36 heavy (non-hydrogen) atoms. The molecule has 7 heteroatoms. The Balaban J connectivity index is 1.32. The number of rotatable bonds is 7. The molecule has 0 saturated heterocycles. The van der Waals surface area contributed by atoms with Crippen molar-refractivity contribution in [3.05, 3.63) is 113 Å². The summed E-state index contributed by atoms with van der Waals surface area (Å²) >= 11 is 0. The Labute approximate surface area is 209 Å². The normalized spacial score (nSPS) is 13.1. The van der Waals surface area contributed by atoms with E-state index >= 15 is 0 Å². The molecule has 0 radical (unpaired) electrons. The maximum atomic E-state index is 12.8. The molecule has 0 bridgehead atoms. The smallest absolute Gasteiger partial charge is 0.408 e. The summed E-state index contributed by atoms with van der Waals surface area (Å²) in [5, 5.41) is 17.0. The minimum atomic E-state index is -1.27. The Morgan fingerprint density at radius 1 is 0.944 bits per heavy atom. The summed E-state index contributed by atoms with van der Waals surface area (Å²) in [4.78, 5) is 25.0. The molecule has 1 aliphatic carbocycles. The SMILES string of the molecule is Cc1nn(Cc2ccccc2)c(C)c1C(NC(=O)OCC1c2ccccc2-c2ccccc21)C(=O)O. The maximum Gasteiger partial charge on any atom is 0.408 e. The van der Waals surface area contributed by atoms with Gasteiger partial charge in [0.1, 0.15) is 6.61 Å². The quantitative estimate of drug-likeness (QED) is 0.378. The first-order valence-electron chi connectivity index (χ1n) is 11.9. The zero-order valence-electron chi connectivity index (χ0n) is 20.1. The monoisotopic (exact) mass is 481 g/mol. The molecule has 0 fully saturated rings. The van der Waals surface area contributed by atoms with Crippen molar-refractivity contribution in [2.45, 2.75) is 32.4 Å². The van der Waals surface area contributed by atoms with Gasteiger partial charge in [-0.15, -0.1) is 0 Å². The first-order chi connectivity index (χ1) is 17.4. The van der Waals surface area contributed by atoms with Crippen LogP contribution in [0.4, 0.5) is 4.79 Å². The van der Waals surface area contributed by atoms with Crippen molar-refractivity contribution in [1.29, 1.82) is 0 Å². The summed E-state index contributed by atoms with van der Waals surface area (Å²) in [5.41, 5.74) is 7.19. The lowest BCUT2D eigenvalue weighted by Crippen LogP contribution is -2.35. The van der Waals surface area contributed by atoms with E-state index in [0.29, 0.717) is 23.5 Å². The maximum absolute atomic E-state index is 12.8. The second kappa shape index (κ2) is 9.70. The van der Waals surface area contributed by atoms with Crippen molar-refractivity contribution in [3.63, 3.8) is 0 Å². The number of hydrogen-bond donors (Lipinski definition) is 2. The van der Waals surface area contributed by atoms with Gasteiger partial charge in [-0.1, -0.05) is 78.9 Å². The lowest BCUT2D eigenvalue weighted by Gasteiger charge is -2.18. The van der Waals surface area contributed by atoms with E-state index in [2.05, 4.69) is 22.5 Å². The molecule has 1 aromatic heterocycles. The molecule has 1 heterocycles. The van der Waals surface area contributed by atoms with E-state index in [1.54, 1.807) is 11.6 Å². The second-order valence-electron chi connectivity index (χ2n) is 8.97. The Morgan fingerprint density at radius 3 is 2.14 bits per heavy atom. The number of carboxylic acids is 1. The molecule has 0 spiro atoms. The van der Waals surface area contributed by atoms with Gasteiger partial charge in [-0.3, -0.25) is 4.68 Å². The lowest BCUT2D eigenvalue weighted by molar-refractivity contribution is -0.139. The van der Waals surface area contributed by atoms with E-state index in [-0.39, 0.29) is 12.5 Å². The highest BCUT2D eigenvalue weighted by Crippen LogP contribution is 2.44. The summed E-state index contributed by atoms with van der Waals surface area (Å²) in [7, 11) is 0. The average Bonchev–Trinajstić information content (AvgIpc) is 3.35. The van der Waals surface area contributed by atoms with E-state index in [0.717, 1.165) is 27.8 Å². The average molecular weight is 482 g/mol. The number of amides is 1. The van der Waals surface area contributed by atoms with Crippen molar-refractivity contribution in [2.24, 2.45) is 0 Å². The van der Waals surface area contributed by atoms with Gasteiger partial charge < -0.3 is 15.2 Å². The summed E-state index contributed by atoms with van der Waals surface area (Å²) < 4.78 is 7.34. The van der Waals surface area contributed by atoms with E-state index in [9.17, 15) is 14.7 Å². The highest BCUT2D eigenvalue weighted by molar-refractivity contribution is 5.82. The second-order valence-corrected chi connectivity index (χ2v) is 8.97. The molecular weight excluding hydrogens is 454 g/mol. The van der Waals surface area contributed by atoms with Gasteiger partial charge in [0.2, 0.25) is 0 Å². The number of fused-ring (bicyclic) bond motifs is 3. The molecule has 2 N–H and O–H groups in total. The number of hydrogen-bond acceptors (Lipinski definition) is 4. The number of alkyl carbamates (subject to hydrolysis) is 1. The van der Waals surface area contributed by atoms with Gasteiger partial charge >= 0.3 is 12.1 Å². The van der Waals surface area contributed by atoms with Crippen LogP contribution in [-0.2, 0) is 16.1 Å². The topological polar surface area (TPSA) is 93.5 Å². The molecule has 1 unspecified atom stereocenters. The zero-order chi connectivity index (χ0) is 25.2. The van der Waals surface area contributed by atoms with Crippen LogP contribution in [0.25, 0.3) is 11.1 Å². The minimum absolute atomic E-state index is 0.108. The van der Waals surface area contributed by atoms with Crippen LogP contribution in [0.5, 0.6) is 0 Å². The van der Waals surface area contributed by atoms with E-state index in [1.807, 2.05) is 73.7 Å². The highest BCUT2D eigenvalue weighted by Gasteiger charge is 2.32. The molecule has 5 rings (SSSR count). The van der Waals surface area contributed by atoms with Crippen molar-refractivity contribution < 1.29 is 19.4 Å². The minimum Gasteiger partial charge on any atom is -0.479 e. The number of nitrogens with one attached hydrogen (secondary N) is 1. The van der Waals surface area contributed by atoms with Crippen LogP contribution in [0, 0.1) is 13.8 Å². The molecule has 1 aliphatic rings. The number of aliphatic carboxylic acids is 1. The molecule has 3 aromatic carbocycles. The number of aryl methyl sites for hydroxylation is 1. The first kappa shape index (κ1) is 23.4. The third-order valence-corrected chi connectivity index (χ3v) is 6.75. The standard InChI is InChI=1S/C29H27N3O4/c1-18-26(19(2)32(31-18)16-20-10-4-3-5-11-20)27(28(33)34)30-29(35)36-17-25-23-14-8-6-12-21(23)22-13-7-9-15-24(22)25/h3-15,25,27H,16-17H2,1-2H3,(H,30,35)(H,33,34). The lowest BCUT2D eigenvalue weighted by atomic mass is 9.98. The van der Waals surface area contributed by atoms with E-state index in [1.165, 1.54) is 0 Å². The number of carbonyl (C=O) groups is 2. The summed E-state index contributed by atoms with van der Waals surface area (Å²) in [6, 6.07) is 24.6. The van der Waals surface area contributed by atoms with Crippen LogP contribution in [0.2, 0.25) is 0 Å². The highest BCUT2D eigenvalue weighted by atomic mass is 16.5. The third-order valence-electron chi connectivity index (χ3n) is 6.75.